The number of carbonyl (C=O) groups is 2. The lowest BCUT2D eigenvalue weighted by atomic mass is 9.77. The maximum atomic E-state index is 13.2. The molecule has 76 heavy (non-hydrogen) atoms. The SMILES string of the molecule is CNC(=O)c1c(-c2ccc(Oc3ccc(F)cc3)nc2)oc2cc(N(C)S(C)(=O)=O)c(B3OC(C)(C)C(C)(C)O3)cc12.CNC(=O)c1c(-c2ccc(Oc3ccc(F)cc3)nc2)oc2cc(N(C)S(C)(=O)=O)c(Br)cc12. The maximum absolute atomic E-state index is 13.2. The summed E-state index contributed by atoms with van der Waals surface area (Å²) in [6, 6.07) is 24.0. The fraction of sp³-hybridized carbons (Fsp3) is 0.231. The Morgan fingerprint density at radius 1 is 0.618 bits per heavy atom. The van der Waals surface area contributed by atoms with Gasteiger partial charge in [-0.25, -0.2) is 35.6 Å². The first-order valence-corrected chi connectivity index (χ1v) is 27.5. The number of pyridine rings is 2. The average molecular weight is 1140 g/mol. The van der Waals surface area contributed by atoms with Crippen molar-refractivity contribution >= 4 is 93.7 Å². The maximum Gasteiger partial charge on any atom is 0.497 e. The first kappa shape index (κ1) is 54.9. The van der Waals surface area contributed by atoms with Crippen LogP contribution < -0.4 is 34.2 Å². The third-order valence-electron chi connectivity index (χ3n) is 12.8. The number of amides is 2. The number of furan rings is 2. The quantitative estimate of drug-likeness (QED) is 0.103. The van der Waals surface area contributed by atoms with Gasteiger partial charge in [-0.05, 0) is 116 Å². The highest BCUT2D eigenvalue weighted by molar-refractivity contribution is 9.10. The Kier molecular flexibility index (Phi) is 15.1. The summed E-state index contributed by atoms with van der Waals surface area (Å²) in [6.45, 7) is 7.59. The number of rotatable bonds is 13. The third-order valence-corrected chi connectivity index (χ3v) is 15.8. The Balaban J connectivity index is 0.000000206. The van der Waals surface area contributed by atoms with E-state index in [1.807, 2.05) is 27.7 Å². The number of benzene rings is 4. The zero-order valence-corrected chi connectivity index (χ0v) is 45.8. The van der Waals surface area contributed by atoms with Crippen molar-refractivity contribution in [2.75, 3.05) is 49.3 Å². The van der Waals surface area contributed by atoms with Gasteiger partial charge in [0.2, 0.25) is 31.8 Å². The van der Waals surface area contributed by atoms with Crippen molar-refractivity contribution in [2.24, 2.45) is 0 Å². The lowest BCUT2D eigenvalue weighted by molar-refractivity contribution is 0.00578. The molecule has 2 N–H and O–H groups in total. The van der Waals surface area contributed by atoms with Crippen LogP contribution in [0.1, 0.15) is 48.4 Å². The Morgan fingerprint density at radius 3 is 1.39 bits per heavy atom. The van der Waals surface area contributed by atoms with E-state index in [-0.39, 0.29) is 63.2 Å². The van der Waals surface area contributed by atoms with E-state index in [0.29, 0.717) is 54.6 Å². The van der Waals surface area contributed by atoms with Crippen LogP contribution in [0.5, 0.6) is 23.3 Å². The number of nitrogens with zero attached hydrogens (tertiary/aromatic N) is 4. The minimum absolute atomic E-state index is 0.226. The molecule has 1 saturated heterocycles. The molecule has 1 aliphatic rings. The lowest BCUT2D eigenvalue weighted by Gasteiger charge is -2.32. The number of halogens is 3. The molecule has 0 unspecified atom stereocenters. The zero-order valence-electron chi connectivity index (χ0n) is 42.6. The van der Waals surface area contributed by atoms with Gasteiger partial charge in [-0.15, -0.1) is 0 Å². The summed E-state index contributed by atoms with van der Waals surface area (Å²) in [4.78, 5) is 34.5. The smallest absolute Gasteiger partial charge is 0.455 e. The second-order valence-corrected chi connectivity index (χ2v) is 23.3. The molecule has 0 atom stereocenters. The number of sulfonamides is 2. The summed E-state index contributed by atoms with van der Waals surface area (Å²) in [7, 11) is -2.26. The van der Waals surface area contributed by atoms with E-state index < -0.39 is 44.3 Å². The van der Waals surface area contributed by atoms with Crippen LogP contribution in [0.3, 0.4) is 0 Å². The van der Waals surface area contributed by atoms with Gasteiger partial charge in [-0.3, -0.25) is 18.2 Å². The summed E-state index contributed by atoms with van der Waals surface area (Å²) < 4.78 is 114. The minimum Gasteiger partial charge on any atom is -0.455 e. The van der Waals surface area contributed by atoms with E-state index in [2.05, 4.69) is 36.5 Å². The summed E-state index contributed by atoms with van der Waals surface area (Å²) >= 11 is 3.39. The molecule has 18 nitrogen and oxygen atoms in total. The predicted molar refractivity (Wildman–Crippen MR) is 289 cm³/mol. The molecule has 4 aromatic heterocycles. The van der Waals surface area contributed by atoms with E-state index in [9.17, 15) is 35.2 Å². The number of ether oxygens (including phenoxy) is 2. The fourth-order valence-corrected chi connectivity index (χ4v) is 9.54. The van der Waals surface area contributed by atoms with Crippen LogP contribution in [0.15, 0.2) is 123 Å². The van der Waals surface area contributed by atoms with Crippen molar-refractivity contribution in [3.05, 3.63) is 137 Å². The molecule has 8 aromatic rings. The standard InChI is InChI=1S/C29H31BFN3O7S.C23H19BrFN3O5S/c1-28(2)29(3,4)41-30(40-28)21-14-20-23(15-22(21)34(6)42(7,36)37)39-26(25(20)27(35)32-5)17-8-13-24(33-16-17)38-19-11-9-18(31)10-12-19;1-26-23(29)21-16-10-17(24)18(28(2)34(3,30)31)11-19(16)33-22(21)13-4-9-20(27-12-13)32-15-7-5-14(25)6-8-15/h8-16H,1-7H3,(H,32,35);4-12H,1-3H3,(H,26,29). The summed E-state index contributed by atoms with van der Waals surface area (Å²) in [5, 5.41) is 6.19. The van der Waals surface area contributed by atoms with Crippen LogP contribution in [0.2, 0.25) is 0 Å². The summed E-state index contributed by atoms with van der Waals surface area (Å²) in [5.74, 6) is 0.287. The molecule has 0 bridgehead atoms. The molecule has 9 rings (SSSR count). The van der Waals surface area contributed by atoms with Crippen LogP contribution in [0.25, 0.3) is 44.6 Å². The van der Waals surface area contributed by atoms with Gasteiger partial charge in [0.15, 0.2) is 0 Å². The van der Waals surface area contributed by atoms with Crippen LogP contribution in [0, 0.1) is 11.6 Å². The molecule has 1 fully saturated rings. The summed E-state index contributed by atoms with van der Waals surface area (Å²) in [5.41, 5.74) is 1.79. The highest BCUT2D eigenvalue weighted by Gasteiger charge is 2.53. The molecule has 0 aliphatic carbocycles. The number of carbonyl (C=O) groups excluding carboxylic acids is 2. The van der Waals surface area contributed by atoms with Gasteiger partial charge < -0.3 is 38.3 Å². The van der Waals surface area contributed by atoms with E-state index in [0.717, 1.165) is 21.1 Å². The summed E-state index contributed by atoms with van der Waals surface area (Å²) in [6.07, 6.45) is 5.16. The normalized spacial score (nSPS) is 14.0. The second-order valence-electron chi connectivity index (χ2n) is 18.4. The van der Waals surface area contributed by atoms with Gasteiger partial charge in [-0.2, -0.15) is 0 Å². The molecule has 0 radical (unpaired) electrons. The monoisotopic (exact) mass is 1140 g/mol. The van der Waals surface area contributed by atoms with Crippen LogP contribution >= 0.6 is 15.9 Å². The molecule has 0 saturated carbocycles. The van der Waals surface area contributed by atoms with E-state index in [4.69, 9.17) is 27.6 Å². The van der Waals surface area contributed by atoms with Gasteiger partial charge in [0, 0.05) is 96.7 Å². The van der Waals surface area contributed by atoms with Crippen molar-refractivity contribution in [3.63, 3.8) is 0 Å². The zero-order chi connectivity index (χ0) is 55.2. The van der Waals surface area contributed by atoms with E-state index >= 15 is 0 Å². The topological polar surface area (TPSA) is 222 Å². The average Bonchev–Trinajstić information content (AvgIpc) is 4.04. The Bertz CT molecular complexity index is 3730. The number of fused-ring (bicyclic) bond motifs is 2. The predicted octanol–water partition coefficient (Wildman–Crippen LogP) is 9.42. The highest BCUT2D eigenvalue weighted by Crippen LogP contribution is 2.42. The molecule has 2 amide bonds. The number of hydrogen-bond donors (Lipinski definition) is 2. The van der Waals surface area contributed by atoms with Gasteiger partial charge in [0.1, 0.15) is 45.8 Å². The molecular formula is C52H50BBrF2N6O12S2. The molecule has 1 aliphatic heterocycles. The Hall–Kier alpha value is -7.38. The lowest BCUT2D eigenvalue weighted by Crippen LogP contribution is -2.41. The van der Waals surface area contributed by atoms with Gasteiger partial charge in [0.05, 0.1) is 46.2 Å². The van der Waals surface area contributed by atoms with Crippen LogP contribution in [-0.2, 0) is 29.4 Å². The fourth-order valence-electron chi connectivity index (χ4n) is 7.79. The molecule has 0 spiro atoms. The first-order chi connectivity index (χ1) is 35.7. The van der Waals surface area contributed by atoms with Gasteiger partial charge >= 0.3 is 7.12 Å². The van der Waals surface area contributed by atoms with E-state index in [1.54, 1.807) is 48.5 Å². The number of anilines is 2. The van der Waals surface area contributed by atoms with Crippen molar-refractivity contribution < 1.29 is 62.8 Å². The number of aromatic nitrogens is 2. The van der Waals surface area contributed by atoms with E-state index in [1.165, 1.54) is 89.1 Å². The third kappa shape index (κ3) is 11.3. The first-order valence-electron chi connectivity index (χ1n) is 23.0. The molecule has 5 heterocycles. The Morgan fingerprint density at radius 2 is 1.01 bits per heavy atom. The number of nitrogens with one attached hydrogen (secondary N) is 2. The molecule has 396 valence electrons. The van der Waals surface area contributed by atoms with Crippen molar-refractivity contribution in [1.82, 2.24) is 20.6 Å². The van der Waals surface area contributed by atoms with Crippen LogP contribution in [-0.4, -0.2) is 97.6 Å². The highest BCUT2D eigenvalue weighted by atomic mass is 79.9. The van der Waals surface area contributed by atoms with Crippen molar-refractivity contribution in [2.45, 2.75) is 38.9 Å². The second kappa shape index (κ2) is 21.0. The number of hydrogen-bond acceptors (Lipinski definition) is 14. The van der Waals surface area contributed by atoms with Gasteiger partial charge in [-0.1, -0.05) is 0 Å². The van der Waals surface area contributed by atoms with Crippen LogP contribution in [0.4, 0.5) is 20.2 Å². The largest absolute Gasteiger partial charge is 0.497 e. The molecule has 24 heteroatoms. The van der Waals surface area contributed by atoms with Crippen molar-refractivity contribution in [1.29, 1.82) is 0 Å². The van der Waals surface area contributed by atoms with Gasteiger partial charge in [0.25, 0.3) is 11.8 Å². The minimum atomic E-state index is -3.69. The molecule has 4 aromatic carbocycles. The van der Waals surface area contributed by atoms with Crippen molar-refractivity contribution in [3.8, 4) is 45.9 Å². The Labute approximate surface area is 445 Å². The molecular weight excluding hydrogens is 1090 g/mol.